The Morgan fingerprint density at radius 2 is 2.14 bits per heavy atom. The summed E-state index contributed by atoms with van der Waals surface area (Å²) in [7, 11) is 3.21. The van der Waals surface area contributed by atoms with Gasteiger partial charge in [0.25, 0.3) is 0 Å². The van der Waals surface area contributed by atoms with Crippen LogP contribution in [0.25, 0.3) is 10.1 Å². The van der Waals surface area contributed by atoms with E-state index < -0.39 is 11.8 Å². The number of nitrogens with zero attached hydrogens (tertiary/aromatic N) is 1. The van der Waals surface area contributed by atoms with E-state index in [1.54, 1.807) is 24.1 Å². The van der Waals surface area contributed by atoms with E-state index in [1.165, 1.54) is 13.1 Å². The van der Waals surface area contributed by atoms with E-state index in [-0.39, 0.29) is 23.9 Å². The van der Waals surface area contributed by atoms with Crippen LogP contribution in [0.2, 0.25) is 0 Å². The van der Waals surface area contributed by atoms with Gasteiger partial charge in [-0.25, -0.2) is 9.18 Å². The zero-order chi connectivity index (χ0) is 15.6. The van der Waals surface area contributed by atoms with Crippen molar-refractivity contribution in [1.82, 2.24) is 10.2 Å². The Bertz CT molecular complexity index is 699. The molecule has 2 N–H and O–H groups in total. The molecule has 0 fully saturated rings. The number of thiophene rings is 1. The second kappa shape index (κ2) is 6.19. The highest BCUT2D eigenvalue weighted by Crippen LogP contribution is 2.33. The minimum absolute atomic E-state index is 0.110. The Morgan fingerprint density at radius 1 is 1.43 bits per heavy atom. The zero-order valence-corrected chi connectivity index (χ0v) is 12.5. The average Bonchev–Trinajstić information content (AvgIpc) is 2.78. The molecule has 0 unspecified atom stereocenters. The molecule has 0 spiro atoms. The lowest BCUT2D eigenvalue weighted by Gasteiger charge is -2.15. The first-order valence-electron chi connectivity index (χ1n) is 6.26. The molecular formula is C14H15FN2O3S. The summed E-state index contributed by atoms with van der Waals surface area (Å²) in [4.78, 5) is 24.5. The monoisotopic (exact) mass is 310 g/mol. The molecule has 2 rings (SSSR count). The number of hydrogen-bond donors (Lipinski definition) is 2. The van der Waals surface area contributed by atoms with Gasteiger partial charge >= 0.3 is 5.97 Å². The van der Waals surface area contributed by atoms with Gasteiger partial charge in [-0.05, 0) is 19.2 Å². The molecule has 0 saturated carbocycles. The van der Waals surface area contributed by atoms with Crippen LogP contribution in [-0.2, 0) is 11.3 Å². The largest absolute Gasteiger partial charge is 0.477 e. The lowest BCUT2D eigenvalue weighted by atomic mass is 10.1. The Labute approximate surface area is 125 Å². The van der Waals surface area contributed by atoms with Gasteiger partial charge in [-0.3, -0.25) is 9.69 Å². The molecular weight excluding hydrogens is 295 g/mol. The third-order valence-corrected chi connectivity index (χ3v) is 4.26. The summed E-state index contributed by atoms with van der Waals surface area (Å²) in [5, 5.41) is 12.1. The highest BCUT2D eigenvalue weighted by Gasteiger charge is 2.21. The number of hydrogen-bond acceptors (Lipinski definition) is 4. The lowest BCUT2D eigenvalue weighted by Crippen LogP contribution is -2.32. The highest BCUT2D eigenvalue weighted by atomic mass is 32.1. The van der Waals surface area contributed by atoms with Crippen molar-refractivity contribution in [3.05, 3.63) is 34.5 Å². The number of rotatable bonds is 5. The van der Waals surface area contributed by atoms with Crippen LogP contribution in [0.1, 0.15) is 15.2 Å². The maximum absolute atomic E-state index is 14.0. The number of aromatic carboxylic acids is 1. The molecule has 0 bridgehead atoms. The molecule has 0 aliphatic carbocycles. The van der Waals surface area contributed by atoms with Gasteiger partial charge in [0.05, 0.1) is 6.54 Å². The van der Waals surface area contributed by atoms with Gasteiger partial charge in [0.15, 0.2) is 0 Å². The number of amides is 1. The molecule has 0 radical (unpaired) electrons. The summed E-state index contributed by atoms with van der Waals surface area (Å²) in [6.07, 6.45) is 0. The third kappa shape index (κ3) is 3.20. The Kier molecular flexibility index (Phi) is 4.54. The van der Waals surface area contributed by atoms with E-state index in [9.17, 15) is 19.1 Å². The average molecular weight is 310 g/mol. The first-order valence-corrected chi connectivity index (χ1v) is 7.08. The van der Waals surface area contributed by atoms with Crippen molar-refractivity contribution in [3.63, 3.8) is 0 Å². The second-order valence-corrected chi connectivity index (χ2v) is 5.73. The van der Waals surface area contributed by atoms with Crippen LogP contribution in [-0.4, -0.2) is 42.5 Å². The second-order valence-electron chi connectivity index (χ2n) is 4.67. The van der Waals surface area contributed by atoms with E-state index >= 15 is 0 Å². The third-order valence-electron chi connectivity index (χ3n) is 3.08. The number of carboxylic acid groups (broad SMARTS) is 1. The first-order chi connectivity index (χ1) is 9.93. The minimum atomic E-state index is -1.08. The molecule has 1 aromatic heterocycles. The molecule has 0 saturated heterocycles. The van der Waals surface area contributed by atoms with Crippen LogP contribution in [0.3, 0.4) is 0 Å². The zero-order valence-electron chi connectivity index (χ0n) is 11.6. The molecule has 5 nitrogen and oxygen atoms in total. The summed E-state index contributed by atoms with van der Waals surface area (Å²) >= 11 is 1.05. The molecule has 2 aromatic rings. The van der Waals surface area contributed by atoms with E-state index in [1.807, 2.05) is 0 Å². The number of nitrogens with one attached hydrogen (secondary N) is 1. The molecule has 1 amide bonds. The quantitative estimate of drug-likeness (QED) is 0.885. The van der Waals surface area contributed by atoms with Crippen LogP contribution in [0.4, 0.5) is 4.39 Å². The summed E-state index contributed by atoms with van der Waals surface area (Å²) in [5.74, 6) is -1.71. The molecule has 0 aliphatic rings. The number of halogens is 1. The van der Waals surface area contributed by atoms with Gasteiger partial charge in [0.2, 0.25) is 5.91 Å². The van der Waals surface area contributed by atoms with Crippen molar-refractivity contribution < 1.29 is 19.1 Å². The van der Waals surface area contributed by atoms with E-state index in [4.69, 9.17) is 0 Å². The number of fused-ring (bicyclic) bond motifs is 1. The van der Waals surface area contributed by atoms with Crippen molar-refractivity contribution in [1.29, 1.82) is 0 Å². The molecule has 1 heterocycles. The fraction of sp³-hybridized carbons (Fsp3) is 0.286. The van der Waals surface area contributed by atoms with Gasteiger partial charge in [0.1, 0.15) is 10.7 Å². The maximum atomic E-state index is 14.0. The van der Waals surface area contributed by atoms with E-state index in [2.05, 4.69) is 5.32 Å². The van der Waals surface area contributed by atoms with E-state index in [0.29, 0.717) is 15.6 Å². The number of benzene rings is 1. The predicted molar refractivity (Wildman–Crippen MR) is 79.1 cm³/mol. The van der Waals surface area contributed by atoms with Crippen molar-refractivity contribution >= 4 is 33.3 Å². The lowest BCUT2D eigenvalue weighted by molar-refractivity contribution is -0.121. The fourth-order valence-corrected chi connectivity index (χ4v) is 3.21. The van der Waals surface area contributed by atoms with Crippen molar-refractivity contribution in [2.24, 2.45) is 0 Å². The summed E-state index contributed by atoms with van der Waals surface area (Å²) in [6.45, 7) is 0.303. The number of likely N-dealkylation sites (N-methyl/N-ethyl adjacent to an activating group) is 2. The molecule has 0 aliphatic heterocycles. The summed E-state index contributed by atoms with van der Waals surface area (Å²) < 4.78 is 14.6. The first kappa shape index (κ1) is 15.4. The van der Waals surface area contributed by atoms with Crippen LogP contribution < -0.4 is 5.32 Å². The van der Waals surface area contributed by atoms with Gasteiger partial charge in [-0.15, -0.1) is 11.3 Å². The normalized spacial score (nSPS) is 11.0. The van der Waals surface area contributed by atoms with Gasteiger partial charge in [-0.1, -0.05) is 6.07 Å². The van der Waals surface area contributed by atoms with Crippen molar-refractivity contribution in [2.75, 3.05) is 20.6 Å². The van der Waals surface area contributed by atoms with Gasteiger partial charge in [-0.2, -0.15) is 0 Å². The predicted octanol–water partition coefficient (Wildman–Crippen LogP) is 1.92. The molecule has 1 aromatic carbocycles. The summed E-state index contributed by atoms with van der Waals surface area (Å²) in [6, 6.07) is 4.55. The van der Waals surface area contributed by atoms with Crippen molar-refractivity contribution in [2.45, 2.75) is 6.54 Å². The number of carbonyl (C=O) groups excluding carboxylic acids is 1. The fourth-order valence-electron chi connectivity index (χ4n) is 2.14. The Morgan fingerprint density at radius 3 is 2.76 bits per heavy atom. The SMILES string of the molecule is CNC(=O)CN(C)Cc1c(C(=O)O)sc2cccc(F)c12. The number of carbonyl (C=O) groups is 2. The topological polar surface area (TPSA) is 69.6 Å². The van der Waals surface area contributed by atoms with Crippen LogP contribution >= 0.6 is 11.3 Å². The van der Waals surface area contributed by atoms with Crippen LogP contribution in [0.15, 0.2) is 18.2 Å². The van der Waals surface area contributed by atoms with Crippen molar-refractivity contribution in [3.8, 4) is 0 Å². The number of carboxylic acids is 1. The molecule has 21 heavy (non-hydrogen) atoms. The Hall–Kier alpha value is -1.99. The van der Waals surface area contributed by atoms with Crippen LogP contribution in [0, 0.1) is 5.82 Å². The van der Waals surface area contributed by atoms with Crippen LogP contribution in [0.5, 0.6) is 0 Å². The van der Waals surface area contributed by atoms with Gasteiger partial charge in [0, 0.05) is 29.2 Å². The maximum Gasteiger partial charge on any atom is 0.346 e. The smallest absolute Gasteiger partial charge is 0.346 e. The van der Waals surface area contributed by atoms with Gasteiger partial charge < -0.3 is 10.4 Å². The molecule has 7 heteroatoms. The molecule has 0 atom stereocenters. The highest BCUT2D eigenvalue weighted by molar-refractivity contribution is 7.21. The molecule has 112 valence electrons. The summed E-state index contributed by atoms with van der Waals surface area (Å²) in [5.41, 5.74) is 0.409. The standard InChI is InChI=1S/C14H15FN2O3S/c1-16-11(18)7-17(2)6-8-12-9(15)4-3-5-10(12)21-13(8)14(19)20/h3-5H,6-7H2,1-2H3,(H,16,18)(H,19,20). The van der Waals surface area contributed by atoms with E-state index in [0.717, 1.165) is 11.3 Å². The Balaban J connectivity index is 2.43. The minimum Gasteiger partial charge on any atom is -0.477 e.